The number of nitrogens with one attached hydrogen (secondary N) is 1. The number of nitrogens with zero attached hydrogens (tertiary/aromatic N) is 2. The van der Waals surface area contributed by atoms with Gasteiger partial charge in [-0.25, -0.2) is 0 Å². The molecule has 1 aromatic heterocycles. The zero-order chi connectivity index (χ0) is 17.3. The molecule has 0 fully saturated rings. The van der Waals surface area contributed by atoms with Crippen LogP contribution in [-0.4, -0.2) is 16.0 Å². The summed E-state index contributed by atoms with van der Waals surface area (Å²) in [5.41, 5.74) is 2.49. The molecule has 0 bridgehead atoms. The third kappa shape index (κ3) is 3.16. The van der Waals surface area contributed by atoms with Crippen molar-refractivity contribution >= 4 is 34.1 Å². The van der Waals surface area contributed by atoms with E-state index < -0.39 is 5.91 Å². The number of halogens is 1. The van der Waals surface area contributed by atoms with Gasteiger partial charge in [0.25, 0.3) is 5.91 Å². The Labute approximate surface area is 144 Å². The van der Waals surface area contributed by atoms with Crippen molar-refractivity contribution in [3.05, 3.63) is 58.6 Å². The van der Waals surface area contributed by atoms with E-state index in [1.165, 1.54) is 0 Å². The summed E-state index contributed by atoms with van der Waals surface area (Å²) in [5, 5.41) is 19.0. The highest BCUT2D eigenvalue weighted by Gasteiger charge is 2.13. The maximum absolute atomic E-state index is 12.1. The van der Waals surface area contributed by atoms with Crippen LogP contribution in [0.3, 0.4) is 0 Å². The smallest absolute Gasteiger partial charge is 0.295 e. The Bertz CT molecular complexity index is 927. The fourth-order valence-corrected chi connectivity index (χ4v) is 2.51. The van der Waals surface area contributed by atoms with E-state index in [-0.39, 0.29) is 11.6 Å². The van der Waals surface area contributed by atoms with Gasteiger partial charge in [-0.3, -0.25) is 4.79 Å². The van der Waals surface area contributed by atoms with Gasteiger partial charge in [0, 0.05) is 16.0 Å². The standard InChI is InChI=1S/C18H16ClN3O2/c1-10(2)12-5-8-15-14(9-12)16(18(24)20-15)21-22-17(23)11-3-6-13(19)7-4-11/h3-10,20,24H,1-2H3. The minimum absolute atomic E-state index is 0.112. The van der Waals surface area contributed by atoms with Crippen LogP contribution in [0.1, 0.15) is 35.7 Å². The molecule has 5 nitrogen and oxygen atoms in total. The number of hydrogen-bond donors (Lipinski definition) is 2. The molecule has 2 aromatic carbocycles. The third-order valence-corrected chi connectivity index (χ3v) is 4.03. The van der Waals surface area contributed by atoms with E-state index in [1.807, 2.05) is 18.2 Å². The van der Waals surface area contributed by atoms with Crippen LogP contribution in [0.4, 0.5) is 5.69 Å². The number of benzene rings is 2. The van der Waals surface area contributed by atoms with E-state index in [9.17, 15) is 9.90 Å². The third-order valence-electron chi connectivity index (χ3n) is 3.77. The van der Waals surface area contributed by atoms with Crippen molar-refractivity contribution in [2.24, 2.45) is 10.2 Å². The number of aromatic nitrogens is 1. The number of carbonyl (C=O) groups excluding carboxylic acids is 1. The Kier molecular flexibility index (Phi) is 4.36. The largest absolute Gasteiger partial charge is 0.493 e. The molecule has 0 aliphatic heterocycles. The van der Waals surface area contributed by atoms with Crippen LogP contribution in [-0.2, 0) is 0 Å². The monoisotopic (exact) mass is 341 g/mol. The predicted octanol–water partition coefficient (Wildman–Crippen LogP) is 5.57. The number of hydrogen-bond acceptors (Lipinski definition) is 3. The SMILES string of the molecule is CC(C)c1ccc2[nH]c(O)c(N=NC(=O)c3ccc(Cl)cc3)c2c1. The van der Waals surface area contributed by atoms with E-state index >= 15 is 0 Å². The van der Waals surface area contributed by atoms with Gasteiger partial charge in [-0.15, -0.1) is 10.2 Å². The van der Waals surface area contributed by atoms with Crippen molar-refractivity contribution in [2.75, 3.05) is 0 Å². The van der Waals surface area contributed by atoms with Crippen molar-refractivity contribution < 1.29 is 9.90 Å². The average molecular weight is 342 g/mol. The Hall–Kier alpha value is -2.66. The molecule has 6 heteroatoms. The van der Waals surface area contributed by atoms with E-state index in [0.29, 0.717) is 16.5 Å². The minimum Gasteiger partial charge on any atom is -0.493 e. The van der Waals surface area contributed by atoms with Crippen LogP contribution in [0.15, 0.2) is 52.7 Å². The molecule has 1 heterocycles. The molecule has 3 aromatic rings. The highest BCUT2D eigenvalue weighted by atomic mass is 35.5. The first-order valence-electron chi connectivity index (χ1n) is 7.52. The molecular formula is C18H16ClN3O2. The van der Waals surface area contributed by atoms with E-state index in [0.717, 1.165) is 16.5 Å². The van der Waals surface area contributed by atoms with Crippen LogP contribution >= 0.6 is 11.6 Å². The van der Waals surface area contributed by atoms with Crippen molar-refractivity contribution in [3.8, 4) is 5.88 Å². The lowest BCUT2D eigenvalue weighted by molar-refractivity contribution is 0.0995. The number of rotatable bonds is 3. The van der Waals surface area contributed by atoms with Gasteiger partial charge in [0.15, 0.2) is 5.69 Å². The summed E-state index contributed by atoms with van der Waals surface area (Å²) in [6, 6.07) is 12.2. The van der Waals surface area contributed by atoms with E-state index in [1.54, 1.807) is 24.3 Å². The molecule has 0 atom stereocenters. The van der Waals surface area contributed by atoms with Crippen molar-refractivity contribution in [3.63, 3.8) is 0 Å². The van der Waals surface area contributed by atoms with Gasteiger partial charge in [-0.1, -0.05) is 31.5 Å². The van der Waals surface area contributed by atoms with Gasteiger partial charge in [0.05, 0.1) is 5.52 Å². The normalized spacial score (nSPS) is 11.7. The lowest BCUT2D eigenvalue weighted by Crippen LogP contribution is -1.92. The van der Waals surface area contributed by atoms with Gasteiger partial charge < -0.3 is 10.1 Å². The molecule has 2 N–H and O–H groups in total. The maximum Gasteiger partial charge on any atom is 0.295 e. The molecule has 0 aliphatic carbocycles. The van der Waals surface area contributed by atoms with E-state index in [2.05, 4.69) is 29.1 Å². The highest BCUT2D eigenvalue weighted by molar-refractivity contribution is 6.30. The Morgan fingerprint density at radius 1 is 1.17 bits per heavy atom. The first-order chi connectivity index (χ1) is 11.5. The van der Waals surface area contributed by atoms with Crippen LogP contribution < -0.4 is 0 Å². The number of H-pyrrole nitrogens is 1. The first-order valence-corrected chi connectivity index (χ1v) is 7.89. The Morgan fingerprint density at radius 3 is 2.54 bits per heavy atom. The molecule has 3 rings (SSSR count). The molecule has 0 aliphatic rings. The molecule has 0 unspecified atom stereocenters. The predicted molar refractivity (Wildman–Crippen MR) is 94.4 cm³/mol. The number of carbonyl (C=O) groups is 1. The second-order valence-corrected chi connectivity index (χ2v) is 6.23. The quantitative estimate of drug-likeness (QED) is 0.610. The van der Waals surface area contributed by atoms with Gasteiger partial charge in [0.2, 0.25) is 5.88 Å². The molecule has 0 spiro atoms. The Morgan fingerprint density at radius 2 is 1.88 bits per heavy atom. The molecule has 122 valence electrons. The summed E-state index contributed by atoms with van der Waals surface area (Å²) < 4.78 is 0. The van der Waals surface area contributed by atoms with Gasteiger partial charge >= 0.3 is 0 Å². The van der Waals surface area contributed by atoms with Crippen molar-refractivity contribution in [1.29, 1.82) is 0 Å². The van der Waals surface area contributed by atoms with Crippen LogP contribution in [0.5, 0.6) is 5.88 Å². The van der Waals surface area contributed by atoms with Gasteiger partial charge in [-0.05, 0) is 47.9 Å². The highest BCUT2D eigenvalue weighted by Crippen LogP contribution is 2.37. The van der Waals surface area contributed by atoms with Crippen molar-refractivity contribution in [1.82, 2.24) is 4.98 Å². The average Bonchev–Trinajstić information content (AvgIpc) is 2.87. The summed E-state index contributed by atoms with van der Waals surface area (Å²) in [4.78, 5) is 14.9. The Balaban J connectivity index is 1.96. The maximum atomic E-state index is 12.1. The molecular weight excluding hydrogens is 326 g/mol. The van der Waals surface area contributed by atoms with Gasteiger partial charge in [0.1, 0.15) is 0 Å². The molecule has 1 amide bonds. The molecule has 0 saturated heterocycles. The number of amides is 1. The van der Waals surface area contributed by atoms with Crippen LogP contribution in [0, 0.1) is 0 Å². The lowest BCUT2D eigenvalue weighted by Gasteiger charge is -2.04. The zero-order valence-electron chi connectivity index (χ0n) is 13.2. The number of aromatic hydroxyl groups is 1. The summed E-state index contributed by atoms with van der Waals surface area (Å²) in [6.07, 6.45) is 0. The fraction of sp³-hybridized carbons (Fsp3) is 0.167. The second kappa shape index (κ2) is 6.45. The number of fused-ring (bicyclic) bond motifs is 1. The number of aromatic amines is 1. The number of azo groups is 1. The fourth-order valence-electron chi connectivity index (χ4n) is 2.39. The lowest BCUT2D eigenvalue weighted by atomic mass is 10.0. The van der Waals surface area contributed by atoms with Crippen LogP contribution in [0.2, 0.25) is 5.02 Å². The zero-order valence-corrected chi connectivity index (χ0v) is 14.0. The summed E-state index contributed by atoms with van der Waals surface area (Å²) >= 11 is 5.80. The van der Waals surface area contributed by atoms with Crippen LogP contribution in [0.25, 0.3) is 10.9 Å². The molecule has 0 radical (unpaired) electrons. The van der Waals surface area contributed by atoms with E-state index in [4.69, 9.17) is 11.6 Å². The van der Waals surface area contributed by atoms with Crippen molar-refractivity contribution in [2.45, 2.75) is 19.8 Å². The topological polar surface area (TPSA) is 77.8 Å². The second-order valence-electron chi connectivity index (χ2n) is 5.79. The minimum atomic E-state index is -0.500. The van der Waals surface area contributed by atoms with Gasteiger partial charge in [-0.2, -0.15) is 0 Å². The molecule has 24 heavy (non-hydrogen) atoms. The molecule has 0 saturated carbocycles. The summed E-state index contributed by atoms with van der Waals surface area (Å²) in [6.45, 7) is 4.16. The summed E-state index contributed by atoms with van der Waals surface area (Å²) in [7, 11) is 0. The first kappa shape index (κ1) is 16.2. The summed E-state index contributed by atoms with van der Waals surface area (Å²) in [5.74, 6) is -0.272.